The van der Waals surface area contributed by atoms with Gasteiger partial charge in [-0.25, -0.2) is 4.99 Å². The van der Waals surface area contributed by atoms with Gasteiger partial charge < -0.3 is 15.1 Å². The number of amides is 1. The third-order valence-corrected chi connectivity index (χ3v) is 5.15. The molecule has 2 aliphatic heterocycles. The van der Waals surface area contributed by atoms with E-state index in [0.29, 0.717) is 30.3 Å². The zero-order valence-electron chi connectivity index (χ0n) is 16.1. The number of carbonyl (C=O) groups is 1. The number of likely N-dealkylation sites (tertiary alicyclic amines) is 2. The molecular formula is C21H23F3N4O. The molecule has 2 atom stereocenters. The Bertz CT molecular complexity index is 858. The molecule has 0 aliphatic carbocycles. The zero-order valence-corrected chi connectivity index (χ0v) is 16.1. The normalized spacial score (nSPS) is 21.7. The molecule has 5 nitrogen and oxygen atoms in total. The molecule has 1 N–H and O–H groups in total. The van der Waals surface area contributed by atoms with Crippen LogP contribution >= 0.6 is 0 Å². The van der Waals surface area contributed by atoms with Crippen LogP contribution in [0.2, 0.25) is 0 Å². The highest BCUT2D eigenvalue weighted by Gasteiger charge is 2.45. The van der Waals surface area contributed by atoms with Crippen molar-refractivity contribution in [2.24, 2.45) is 4.99 Å². The number of nitrogens with one attached hydrogen (secondary N) is 1. The highest BCUT2D eigenvalue weighted by molar-refractivity contribution is 6.07. The molecule has 0 radical (unpaired) electrons. The van der Waals surface area contributed by atoms with Crippen molar-refractivity contribution in [2.45, 2.75) is 31.6 Å². The number of rotatable bonds is 5. The van der Waals surface area contributed by atoms with Crippen LogP contribution in [0.15, 0.2) is 66.5 Å². The number of anilines is 1. The molecule has 8 heteroatoms. The molecular weight excluding hydrogens is 381 g/mol. The van der Waals surface area contributed by atoms with E-state index < -0.39 is 11.7 Å². The molecule has 1 amide bonds. The first-order valence-corrected chi connectivity index (χ1v) is 9.26. The second kappa shape index (κ2) is 8.14. The summed E-state index contributed by atoms with van der Waals surface area (Å²) in [6.45, 7) is 10.7. The predicted molar refractivity (Wildman–Crippen MR) is 107 cm³/mol. The van der Waals surface area contributed by atoms with Crippen LogP contribution in [0, 0.1) is 0 Å². The average Bonchev–Trinajstić information content (AvgIpc) is 3.30. The number of carbonyl (C=O) groups excluding carboxylic acids is 1. The lowest BCUT2D eigenvalue weighted by molar-refractivity contribution is -0.137. The summed E-state index contributed by atoms with van der Waals surface area (Å²) in [5.74, 6) is 0.380. The summed E-state index contributed by atoms with van der Waals surface area (Å²) in [5.41, 5.74) is 0.411. The fourth-order valence-electron chi connectivity index (χ4n) is 3.73. The molecule has 2 bridgehead atoms. The van der Waals surface area contributed by atoms with Crippen LogP contribution < -0.4 is 5.32 Å². The van der Waals surface area contributed by atoms with Gasteiger partial charge in [0.15, 0.2) is 5.84 Å². The topological polar surface area (TPSA) is 47.9 Å². The first kappa shape index (κ1) is 20.7. The molecule has 2 saturated heterocycles. The molecule has 1 aromatic rings. The maximum atomic E-state index is 12.8. The molecule has 2 aliphatic rings. The Morgan fingerprint density at radius 2 is 1.83 bits per heavy atom. The van der Waals surface area contributed by atoms with Gasteiger partial charge in [0, 0.05) is 31.0 Å². The van der Waals surface area contributed by atoms with Crippen molar-refractivity contribution in [3.05, 3.63) is 67.0 Å². The maximum absolute atomic E-state index is 12.8. The summed E-state index contributed by atoms with van der Waals surface area (Å²) in [6, 6.07) is 4.99. The lowest BCUT2D eigenvalue weighted by atomic mass is 10.2. The highest BCUT2D eigenvalue weighted by atomic mass is 19.4. The monoisotopic (exact) mass is 404 g/mol. The molecule has 3 rings (SSSR count). The van der Waals surface area contributed by atoms with Gasteiger partial charge in [0.1, 0.15) is 0 Å². The molecule has 154 valence electrons. The van der Waals surface area contributed by atoms with E-state index in [1.807, 2.05) is 11.8 Å². The van der Waals surface area contributed by atoms with Crippen LogP contribution in [0.3, 0.4) is 0 Å². The Kier molecular flexibility index (Phi) is 5.81. The van der Waals surface area contributed by atoms with Crippen molar-refractivity contribution < 1.29 is 18.0 Å². The van der Waals surface area contributed by atoms with E-state index >= 15 is 0 Å². The fourth-order valence-corrected chi connectivity index (χ4v) is 3.73. The average molecular weight is 404 g/mol. The number of benzene rings is 1. The second-order valence-corrected chi connectivity index (χ2v) is 7.00. The van der Waals surface area contributed by atoms with E-state index in [0.717, 1.165) is 18.6 Å². The molecule has 29 heavy (non-hydrogen) atoms. The van der Waals surface area contributed by atoms with Crippen LogP contribution in [0.25, 0.3) is 0 Å². The summed E-state index contributed by atoms with van der Waals surface area (Å²) < 4.78 is 38.3. The quantitative estimate of drug-likeness (QED) is 0.458. The van der Waals surface area contributed by atoms with Crippen molar-refractivity contribution in [1.29, 1.82) is 0 Å². The third-order valence-electron chi connectivity index (χ3n) is 5.15. The minimum atomic E-state index is -4.38. The minimum absolute atomic E-state index is 0.0755. The number of aliphatic imine (C=N–C) groups is 1. The van der Waals surface area contributed by atoms with Gasteiger partial charge in [-0.05, 0) is 43.7 Å². The summed E-state index contributed by atoms with van der Waals surface area (Å²) in [4.78, 5) is 20.2. The van der Waals surface area contributed by atoms with Gasteiger partial charge in [-0.2, -0.15) is 13.2 Å². The van der Waals surface area contributed by atoms with Crippen LogP contribution in [0.1, 0.15) is 18.9 Å². The Morgan fingerprint density at radius 1 is 1.21 bits per heavy atom. The summed E-state index contributed by atoms with van der Waals surface area (Å²) in [5, 5.41) is 3.07. The van der Waals surface area contributed by atoms with Gasteiger partial charge in [0.05, 0.1) is 17.3 Å². The highest BCUT2D eigenvalue weighted by Crippen LogP contribution is 2.34. The number of amidine groups is 1. The minimum Gasteiger partial charge on any atom is -0.362 e. The van der Waals surface area contributed by atoms with Crippen LogP contribution in [-0.2, 0) is 11.0 Å². The number of hydrogen-bond donors (Lipinski definition) is 1. The Hall–Kier alpha value is -3.03. The van der Waals surface area contributed by atoms with Crippen molar-refractivity contribution in [2.75, 3.05) is 18.4 Å². The van der Waals surface area contributed by atoms with E-state index in [4.69, 9.17) is 0 Å². The number of halogens is 3. The Balaban J connectivity index is 1.74. The summed E-state index contributed by atoms with van der Waals surface area (Å²) >= 11 is 0. The van der Waals surface area contributed by atoms with E-state index in [9.17, 15) is 18.0 Å². The van der Waals surface area contributed by atoms with Gasteiger partial charge in [0.25, 0.3) is 0 Å². The molecule has 2 unspecified atom stereocenters. The Labute approximate surface area is 167 Å². The van der Waals surface area contributed by atoms with Crippen LogP contribution in [0.5, 0.6) is 0 Å². The molecule has 1 aromatic carbocycles. The molecule has 0 spiro atoms. The number of piperazine rings is 1. The second-order valence-electron chi connectivity index (χ2n) is 7.00. The number of hydrogen-bond acceptors (Lipinski definition) is 3. The van der Waals surface area contributed by atoms with Gasteiger partial charge in [-0.3, -0.25) is 4.79 Å². The van der Waals surface area contributed by atoms with Crippen LogP contribution in [0.4, 0.5) is 18.9 Å². The van der Waals surface area contributed by atoms with Crippen molar-refractivity contribution in [3.63, 3.8) is 0 Å². The first-order chi connectivity index (χ1) is 13.7. The van der Waals surface area contributed by atoms with Crippen LogP contribution in [-0.4, -0.2) is 46.7 Å². The van der Waals surface area contributed by atoms with E-state index in [2.05, 4.69) is 28.4 Å². The Morgan fingerprint density at radius 3 is 2.34 bits per heavy atom. The molecule has 0 aromatic heterocycles. The summed E-state index contributed by atoms with van der Waals surface area (Å²) in [7, 11) is 0. The van der Waals surface area contributed by atoms with E-state index in [1.54, 1.807) is 12.3 Å². The van der Waals surface area contributed by atoms with E-state index in [-0.39, 0.29) is 18.0 Å². The molecule has 2 fully saturated rings. The molecule has 0 saturated carbocycles. The number of nitrogens with zero attached hydrogens (tertiary/aromatic N) is 3. The van der Waals surface area contributed by atoms with Crippen molar-refractivity contribution in [1.82, 2.24) is 9.80 Å². The largest absolute Gasteiger partial charge is 0.416 e. The third kappa shape index (κ3) is 4.36. The number of allylic oxidation sites excluding steroid dienone is 1. The smallest absolute Gasteiger partial charge is 0.362 e. The van der Waals surface area contributed by atoms with Crippen molar-refractivity contribution >= 4 is 17.4 Å². The predicted octanol–water partition coefficient (Wildman–Crippen LogP) is 4.03. The summed E-state index contributed by atoms with van der Waals surface area (Å²) in [6.07, 6.45) is 1.13. The van der Waals surface area contributed by atoms with Crippen molar-refractivity contribution in [3.8, 4) is 0 Å². The van der Waals surface area contributed by atoms with Gasteiger partial charge in [-0.1, -0.05) is 19.2 Å². The van der Waals surface area contributed by atoms with Gasteiger partial charge in [0.2, 0.25) is 5.91 Å². The van der Waals surface area contributed by atoms with Gasteiger partial charge in [-0.15, -0.1) is 0 Å². The maximum Gasteiger partial charge on any atom is 0.416 e. The molecule has 2 heterocycles. The zero-order chi connectivity index (χ0) is 21.2. The lowest BCUT2D eigenvalue weighted by Gasteiger charge is -2.36. The SMILES string of the molecule is C=CC(=O)N1CC2CC1CN2C(=C)C(=N/C=C\C)Nc1ccc(C(F)(F)F)cc1. The lowest BCUT2D eigenvalue weighted by Crippen LogP contribution is -2.49. The number of alkyl halides is 3. The van der Waals surface area contributed by atoms with E-state index in [1.165, 1.54) is 18.2 Å². The standard InChI is InChI=1S/C21H23F3N4O/c1-4-10-25-20(26-16-8-6-15(7-9-16)21(22,23)24)14(3)27-12-18-11-17(27)13-28(18)19(29)5-2/h4-10,17-18H,2-3,11-13H2,1H3,(H,25,26)/b10-4-. The fraction of sp³-hybridized carbons (Fsp3) is 0.333. The van der Waals surface area contributed by atoms with Gasteiger partial charge >= 0.3 is 6.18 Å². The number of fused-ring (bicyclic) bond motifs is 2. The first-order valence-electron chi connectivity index (χ1n) is 9.26.